The van der Waals surface area contributed by atoms with E-state index in [-0.39, 0.29) is 6.04 Å². The lowest BCUT2D eigenvalue weighted by molar-refractivity contribution is 0.374. The molecule has 1 atom stereocenters. The molecule has 1 unspecified atom stereocenters. The average Bonchev–Trinajstić information content (AvgIpc) is 2.81. The van der Waals surface area contributed by atoms with Gasteiger partial charge in [0.1, 0.15) is 0 Å². The fraction of sp³-hybridized carbons (Fsp3) is 0.429. The van der Waals surface area contributed by atoms with E-state index in [1.807, 2.05) is 0 Å². The van der Waals surface area contributed by atoms with Crippen LogP contribution in [0.3, 0.4) is 0 Å². The largest absolute Gasteiger partial charge is 0.339 e. The molecule has 0 amide bonds. The number of nitrogens with two attached hydrogens (primary N) is 1. The van der Waals surface area contributed by atoms with Crippen LogP contribution in [0.25, 0.3) is 0 Å². The van der Waals surface area contributed by atoms with E-state index in [0.717, 1.165) is 12.8 Å². The first kappa shape index (κ1) is 12.8. The summed E-state index contributed by atoms with van der Waals surface area (Å²) in [7, 11) is 0. The van der Waals surface area contributed by atoms with E-state index in [1.165, 1.54) is 11.1 Å². The Morgan fingerprint density at radius 1 is 1.28 bits per heavy atom. The fourth-order valence-electron chi connectivity index (χ4n) is 1.81. The first-order valence-electron chi connectivity index (χ1n) is 6.32. The van der Waals surface area contributed by atoms with Crippen molar-refractivity contribution < 1.29 is 4.52 Å². The van der Waals surface area contributed by atoms with Crippen molar-refractivity contribution in [2.24, 2.45) is 5.73 Å². The van der Waals surface area contributed by atoms with Crippen molar-refractivity contribution in [3.8, 4) is 0 Å². The first-order valence-corrected chi connectivity index (χ1v) is 6.32. The van der Waals surface area contributed by atoms with Gasteiger partial charge in [-0.15, -0.1) is 0 Å². The number of hydrogen-bond donors (Lipinski definition) is 1. The van der Waals surface area contributed by atoms with Crippen molar-refractivity contribution in [3.05, 3.63) is 47.1 Å². The zero-order valence-corrected chi connectivity index (χ0v) is 10.9. The van der Waals surface area contributed by atoms with Crippen LogP contribution in [0, 0.1) is 6.92 Å². The Balaban J connectivity index is 2.04. The Morgan fingerprint density at radius 2 is 2.00 bits per heavy atom. The van der Waals surface area contributed by atoms with Gasteiger partial charge < -0.3 is 10.3 Å². The second-order valence-corrected chi connectivity index (χ2v) is 4.60. The van der Waals surface area contributed by atoms with E-state index in [9.17, 15) is 0 Å². The van der Waals surface area contributed by atoms with Crippen molar-refractivity contribution in [3.63, 3.8) is 0 Å². The topological polar surface area (TPSA) is 64.9 Å². The van der Waals surface area contributed by atoms with Crippen LogP contribution < -0.4 is 5.73 Å². The minimum Gasteiger partial charge on any atom is -0.339 e. The molecule has 0 bridgehead atoms. The number of benzene rings is 1. The molecule has 18 heavy (non-hydrogen) atoms. The molecule has 1 heterocycles. The molecule has 0 aliphatic rings. The van der Waals surface area contributed by atoms with Gasteiger partial charge in [-0.25, -0.2) is 0 Å². The molecular weight excluding hydrogens is 226 g/mol. The third-order valence-electron chi connectivity index (χ3n) is 2.89. The predicted molar refractivity (Wildman–Crippen MR) is 70.1 cm³/mol. The van der Waals surface area contributed by atoms with Crippen LogP contribution in [0.5, 0.6) is 0 Å². The molecule has 96 valence electrons. The Kier molecular flexibility index (Phi) is 4.10. The monoisotopic (exact) mass is 245 g/mol. The molecule has 4 nitrogen and oxygen atoms in total. The molecule has 0 saturated carbocycles. The highest BCUT2D eigenvalue weighted by Crippen LogP contribution is 2.14. The lowest BCUT2D eigenvalue weighted by Gasteiger charge is -2.02. The van der Waals surface area contributed by atoms with Crippen molar-refractivity contribution in [2.75, 3.05) is 0 Å². The average molecular weight is 245 g/mol. The number of rotatable bonds is 5. The van der Waals surface area contributed by atoms with E-state index >= 15 is 0 Å². The van der Waals surface area contributed by atoms with Gasteiger partial charge in [0.05, 0.1) is 12.5 Å². The molecule has 2 N–H and O–H groups in total. The Hall–Kier alpha value is -1.68. The van der Waals surface area contributed by atoms with Gasteiger partial charge >= 0.3 is 0 Å². The summed E-state index contributed by atoms with van der Waals surface area (Å²) in [6.45, 7) is 4.16. The molecule has 0 radical (unpaired) electrons. The van der Waals surface area contributed by atoms with E-state index in [0.29, 0.717) is 18.1 Å². The van der Waals surface area contributed by atoms with Gasteiger partial charge in [-0.3, -0.25) is 0 Å². The second kappa shape index (κ2) is 5.78. The van der Waals surface area contributed by atoms with Gasteiger partial charge in [0.25, 0.3) is 0 Å². The van der Waals surface area contributed by atoms with E-state index < -0.39 is 0 Å². The number of aromatic nitrogens is 2. The van der Waals surface area contributed by atoms with Crippen molar-refractivity contribution in [2.45, 2.75) is 39.2 Å². The van der Waals surface area contributed by atoms with Crippen molar-refractivity contribution >= 4 is 0 Å². The predicted octanol–water partition coefficient (Wildman–Crippen LogP) is 2.77. The summed E-state index contributed by atoms with van der Waals surface area (Å²) in [5.41, 5.74) is 8.36. The second-order valence-electron chi connectivity index (χ2n) is 4.60. The lowest BCUT2D eigenvalue weighted by atomic mass is 10.1. The van der Waals surface area contributed by atoms with Crippen LogP contribution in [0.15, 0.2) is 28.8 Å². The lowest BCUT2D eigenvalue weighted by Crippen LogP contribution is -2.11. The Morgan fingerprint density at radius 3 is 2.67 bits per heavy atom. The maximum atomic E-state index is 5.95. The molecular formula is C14H19N3O. The number of hydrogen-bond acceptors (Lipinski definition) is 4. The van der Waals surface area contributed by atoms with Gasteiger partial charge in [-0.1, -0.05) is 48.3 Å². The quantitative estimate of drug-likeness (QED) is 0.879. The minimum absolute atomic E-state index is 0.120. The SMILES string of the molecule is CCCC(N)c1noc(Cc2ccc(C)cc2)n1. The Bertz CT molecular complexity index is 490. The van der Waals surface area contributed by atoms with E-state index in [2.05, 4.69) is 48.3 Å². The summed E-state index contributed by atoms with van der Waals surface area (Å²) >= 11 is 0. The van der Waals surface area contributed by atoms with Gasteiger partial charge in [-0.2, -0.15) is 4.98 Å². The molecule has 1 aromatic heterocycles. The summed E-state index contributed by atoms with van der Waals surface area (Å²) in [6.07, 6.45) is 2.55. The van der Waals surface area contributed by atoms with E-state index in [4.69, 9.17) is 10.3 Å². The summed E-state index contributed by atoms with van der Waals surface area (Å²) in [5.74, 6) is 1.24. The summed E-state index contributed by atoms with van der Waals surface area (Å²) in [4.78, 5) is 4.34. The van der Waals surface area contributed by atoms with Gasteiger partial charge in [0.2, 0.25) is 5.89 Å². The highest BCUT2D eigenvalue weighted by molar-refractivity contribution is 5.23. The number of nitrogens with zero attached hydrogens (tertiary/aromatic N) is 2. The minimum atomic E-state index is -0.120. The fourth-order valence-corrected chi connectivity index (χ4v) is 1.81. The zero-order valence-electron chi connectivity index (χ0n) is 10.9. The van der Waals surface area contributed by atoms with Crippen LogP contribution in [-0.2, 0) is 6.42 Å². The highest BCUT2D eigenvalue weighted by Gasteiger charge is 2.13. The maximum Gasteiger partial charge on any atom is 0.231 e. The van der Waals surface area contributed by atoms with Crippen LogP contribution in [0.4, 0.5) is 0 Å². The first-order chi connectivity index (χ1) is 8.69. The summed E-state index contributed by atoms with van der Waals surface area (Å²) in [6, 6.07) is 8.19. The van der Waals surface area contributed by atoms with Crippen LogP contribution in [-0.4, -0.2) is 10.1 Å². The zero-order chi connectivity index (χ0) is 13.0. The molecule has 4 heteroatoms. The molecule has 1 aromatic carbocycles. The van der Waals surface area contributed by atoms with Crippen molar-refractivity contribution in [1.82, 2.24) is 10.1 Å². The molecule has 0 aliphatic heterocycles. The van der Waals surface area contributed by atoms with Crippen LogP contribution >= 0.6 is 0 Å². The van der Waals surface area contributed by atoms with Crippen molar-refractivity contribution in [1.29, 1.82) is 0 Å². The highest BCUT2D eigenvalue weighted by atomic mass is 16.5. The molecule has 0 spiro atoms. The van der Waals surface area contributed by atoms with Gasteiger partial charge in [-0.05, 0) is 18.9 Å². The number of aryl methyl sites for hydroxylation is 1. The molecule has 2 aromatic rings. The molecule has 0 aliphatic carbocycles. The standard InChI is InChI=1S/C14H19N3O/c1-3-4-12(15)14-16-13(18-17-14)9-11-7-5-10(2)6-8-11/h5-8,12H,3-4,9,15H2,1-2H3. The summed E-state index contributed by atoms with van der Waals surface area (Å²) < 4.78 is 5.23. The molecule has 0 saturated heterocycles. The Labute approximate surface area is 107 Å². The van der Waals surface area contributed by atoms with Crippen LogP contribution in [0.2, 0.25) is 0 Å². The molecule has 2 rings (SSSR count). The summed E-state index contributed by atoms with van der Waals surface area (Å²) in [5, 5.41) is 3.94. The van der Waals surface area contributed by atoms with Gasteiger partial charge in [0, 0.05) is 0 Å². The smallest absolute Gasteiger partial charge is 0.231 e. The molecule has 0 fully saturated rings. The maximum absolute atomic E-state index is 5.95. The van der Waals surface area contributed by atoms with E-state index in [1.54, 1.807) is 0 Å². The van der Waals surface area contributed by atoms with Gasteiger partial charge in [0.15, 0.2) is 5.82 Å². The third-order valence-corrected chi connectivity index (χ3v) is 2.89. The third kappa shape index (κ3) is 3.17. The normalized spacial score (nSPS) is 12.6. The van der Waals surface area contributed by atoms with Crippen LogP contribution in [0.1, 0.15) is 48.6 Å².